The summed E-state index contributed by atoms with van der Waals surface area (Å²) >= 11 is 1.45. The first-order valence-electron chi connectivity index (χ1n) is 9.47. The normalized spacial score (nSPS) is 17.9. The predicted molar refractivity (Wildman–Crippen MR) is 108 cm³/mol. The van der Waals surface area contributed by atoms with Gasteiger partial charge in [-0.25, -0.2) is 4.79 Å². The van der Waals surface area contributed by atoms with Crippen molar-refractivity contribution in [3.63, 3.8) is 0 Å². The van der Waals surface area contributed by atoms with Crippen LogP contribution < -0.4 is 5.32 Å². The van der Waals surface area contributed by atoms with Gasteiger partial charge in [0.25, 0.3) is 0 Å². The van der Waals surface area contributed by atoms with E-state index in [0.29, 0.717) is 38.3 Å². The quantitative estimate of drug-likeness (QED) is 0.816. The molecule has 0 spiro atoms. The van der Waals surface area contributed by atoms with Gasteiger partial charge in [0.15, 0.2) is 0 Å². The molecule has 0 saturated carbocycles. The maximum atomic E-state index is 12.6. The zero-order valence-corrected chi connectivity index (χ0v) is 16.7. The van der Waals surface area contributed by atoms with E-state index in [4.69, 9.17) is 4.74 Å². The van der Waals surface area contributed by atoms with Crippen molar-refractivity contribution < 1.29 is 19.1 Å². The number of thioether (sulfide) groups is 1. The van der Waals surface area contributed by atoms with Crippen molar-refractivity contribution in [2.45, 2.75) is 25.8 Å². The fraction of sp³-hybridized carbons (Fsp3) is 0.450. The van der Waals surface area contributed by atoms with E-state index in [-0.39, 0.29) is 30.5 Å². The van der Waals surface area contributed by atoms with Gasteiger partial charge in [0.05, 0.1) is 18.1 Å². The lowest BCUT2D eigenvalue weighted by atomic mass is 10.1. The number of carbonyl (C=O) groups excluding carboxylic acids is 3. The number of hydrogen-bond donors (Lipinski definition) is 1. The summed E-state index contributed by atoms with van der Waals surface area (Å²) in [6, 6.07) is 9.60. The molecule has 0 aromatic heterocycles. The summed E-state index contributed by atoms with van der Waals surface area (Å²) < 4.78 is 5.01. The minimum Gasteiger partial charge on any atom is -0.450 e. The Labute approximate surface area is 169 Å². The lowest BCUT2D eigenvalue weighted by molar-refractivity contribution is -0.131. The van der Waals surface area contributed by atoms with E-state index >= 15 is 0 Å². The van der Waals surface area contributed by atoms with Crippen LogP contribution in [-0.4, -0.2) is 65.7 Å². The summed E-state index contributed by atoms with van der Waals surface area (Å²) in [4.78, 5) is 40.0. The summed E-state index contributed by atoms with van der Waals surface area (Å²) in [6.45, 7) is 3.24. The SMILES string of the molecule is CCOC(=O)N1CCC(NC(=O)CN2C(=O)CSC=C2c2ccccc2)CC1. The molecule has 2 aliphatic rings. The third kappa shape index (κ3) is 5.07. The van der Waals surface area contributed by atoms with Crippen LogP contribution >= 0.6 is 11.8 Å². The molecule has 1 N–H and O–H groups in total. The van der Waals surface area contributed by atoms with Crippen molar-refractivity contribution in [3.05, 3.63) is 41.3 Å². The van der Waals surface area contributed by atoms with Crippen molar-refractivity contribution >= 4 is 35.4 Å². The second kappa shape index (κ2) is 9.64. The minimum atomic E-state index is -0.304. The van der Waals surface area contributed by atoms with Gasteiger partial charge in [0, 0.05) is 19.1 Å². The number of benzene rings is 1. The molecule has 2 heterocycles. The standard InChI is InChI=1S/C20H25N3O4S/c1-2-27-20(26)22-10-8-16(9-11-22)21-18(24)12-23-17(13-28-14-19(23)25)15-6-4-3-5-7-15/h3-7,13,16H,2,8-12,14H2,1H3,(H,21,24). The van der Waals surface area contributed by atoms with Gasteiger partial charge in [0.1, 0.15) is 6.54 Å². The van der Waals surface area contributed by atoms with Crippen molar-refractivity contribution in [1.82, 2.24) is 15.1 Å². The number of hydrogen-bond acceptors (Lipinski definition) is 5. The van der Waals surface area contributed by atoms with E-state index in [9.17, 15) is 14.4 Å². The molecular formula is C20H25N3O4S. The zero-order valence-electron chi connectivity index (χ0n) is 15.9. The molecule has 1 saturated heterocycles. The lowest BCUT2D eigenvalue weighted by Crippen LogP contribution is -2.49. The van der Waals surface area contributed by atoms with Crippen LogP contribution in [0.1, 0.15) is 25.3 Å². The Morgan fingerprint density at radius 3 is 2.61 bits per heavy atom. The second-order valence-corrected chi connectivity index (χ2v) is 7.55. The molecule has 7 nitrogen and oxygen atoms in total. The van der Waals surface area contributed by atoms with E-state index in [0.717, 1.165) is 11.3 Å². The van der Waals surface area contributed by atoms with Gasteiger partial charge in [-0.15, -0.1) is 11.8 Å². The Morgan fingerprint density at radius 2 is 1.93 bits per heavy atom. The van der Waals surface area contributed by atoms with E-state index in [1.54, 1.807) is 16.7 Å². The van der Waals surface area contributed by atoms with Crippen molar-refractivity contribution in [2.24, 2.45) is 0 Å². The largest absolute Gasteiger partial charge is 0.450 e. The molecule has 0 bridgehead atoms. The van der Waals surface area contributed by atoms with Crippen LogP contribution in [0.2, 0.25) is 0 Å². The topological polar surface area (TPSA) is 79.0 Å². The van der Waals surface area contributed by atoms with Crippen LogP contribution in [0.5, 0.6) is 0 Å². The highest BCUT2D eigenvalue weighted by molar-refractivity contribution is 8.03. The molecule has 0 aliphatic carbocycles. The third-order valence-corrected chi connectivity index (χ3v) is 5.55. The monoisotopic (exact) mass is 403 g/mol. The van der Waals surface area contributed by atoms with Gasteiger partial charge < -0.3 is 19.9 Å². The molecule has 150 valence electrons. The molecule has 8 heteroatoms. The summed E-state index contributed by atoms with van der Waals surface area (Å²) in [6.07, 6.45) is 1.05. The van der Waals surface area contributed by atoms with E-state index in [2.05, 4.69) is 5.32 Å². The summed E-state index contributed by atoms with van der Waals surface area (Å²) in [7, 11) is 0. The average Bonchev–Trinajstić information content (AvgIpc) is 2.71. The predicted octanol–water partition coefficient (Wildman–Crippen LogP) is 2.30. The van der Waals surface area contributed by atoms with Crippen LogP contribution in [0.15, 0.2) is 35.7 Å². The zero-order chi connectivity index (χ0) is 19.9. The number of rotatable bonds is 5. The number of nitrogens with one attached hydrogen (secondary N) is 1. The molecule has 2 aliphatic heterocycles. The Kier molecular flexibility index (Phi) is 6.97. The van der Waals surface area contributed by atoms with Gasteiger partial charge >= 0.3 is 6.09 Å². The Hall–Kier alpha value is -2.48. The summed E-state index contributed by atoms with van der Waals surface area (Å²) in [5.74, 6) is 0.0805. The number of nitrogens with zero attached hydrogens (tertiary/aromatic N) is 2. The summed E-state index contributed by atoms with van der Waals surface area (Å²) in [5.41, 5.74) is 1.67. The van der Waals surface area contributed by atoms with E-state index in [1.807, 2.05) is 35.7 Å². The number of amides is 3. The van der Waals surface area contributed by atoms with Gasteiger partial charge in [-0.05, 0) is 30.7 Å². The molecule has 0 atom stereocenters. The first-order chi connectivity index (χ1) is 13.6. The van der Waals surface area contributed by atoms with Gasteiger partial charge in [-0.3, -0.25) is 9.59 Å². The highest BCUT2D eigenvalue weighted by Crippen LogP contribution is 2.27. The maximum Gasteiger partial charge on any atom is 0.409 e. The Morgan fingerprint density at radius 1 is 1.21 bits per heavy atom. The number of likely N-dealkylation sites (tertiary alicyclic amines) is 1. The van der Waals surface area contributed by atoms with E-state index < -0.39 is 0 Å². The molecule has 1 fully saturated rings. The first kappa shape index (κ1) is 20.3. The molecule has 0 unspecified atom stereocenters. The lowest BCUT2D eigenvalue weighted by Gasteiger charge is -2.33. The van der Waals surface area contributed by atoms with Crippen LogP contribution in [-0.2, 0) is 14.3 Å². The fourth-order valence-corrected chi connectivity index (χ4v) is 4.11. The first-order valence-corrected chi connectivity index (χ1v) is 10.5. The average molecular weight is 404 g/mol. The fourth-order valence-electron chi connectivity index (χ4n) is 3.31. The van der Waals surface area contributed by atoms with Crippen molar-refractivity contribution in [3.8, 4) is 0 Å². The number of carbonyl (C=O) groups is 3. The van der Waals surface area contributed by atoms with Crippen LogP contribution in [0, 0.1) is 0 Å². The highest BCUT2D eigenvalue weighted by Gasteiger charge is 2.28. The summed E-state index contributed by atoms with van der Waals surface area (Å²) in [5, 5.41) is 4.94. The van der Waals surface area contributed by atoms with E-state index in [1.165, 1.54) is 11.8 Å². The second-order valence-electron chi connectivity index (χ2n) is 6.69. The number of piperidine rings is 1. The molecule has 28 heavy (non-hydrogen) atoms. The molecule has 3 rings (SSSR count). The minimum absolute atomic E-state index is 0.00177. The van der Waals surface area contributed by atoms with Crippen LogP contribution in [0.4, 0.5) is 4.79 Å². The molecule has 1 aromatic rings. The maximum absolute atomic E-state index is 12.6. The number of ether oxygens (including phenoxy) is 1. The smallest absolute Gasteiger partial charge is 0.409 e. The van der Waals surface area contributed by atoms with Gasteiger partial charge in [-0.1, -0.05) is 30.3 Å². The third-order valence-electron chi connectivity index (χ3n) is 4.75. The van der Waals surface area contributed by atoms with Crippen LogP contribution in [0.3, 0.4) is 0 Å². The molecule has 1 aromatic carbocycles. The Bertz CT molecular complexity index is 745. The van der Waals surface area contributed by atoms with Crippen LogP contribution in [0.25, 0.3) is 5.70 Å². The van der Waals surface area contributed by atoms with Gasteiger partial charge in [-0.2, -0.15) is 0 Å². The molecule has 0 radical (unpaired) electrons. The Balaban J connectivity index is 1.55. The van der Waals surface area contributed by atoms with Crippen molar-refractivity contribution in [2.75, 3.05) is 32.0 Å². The molecular weight excluding hydrogens is 378 g/mol. The van der Waals surface area contributed by atoms with Gasteiger partial charge in [0.2, 0.25) is 11.8 Å². The highest BCUT2D eigenvalue weighted by atomic mass is 32.2. The molecule has 3 amide bonds. The van der Waals surface area contributed by atoms with Crippen molar-refractivity contribution in [1.29, 1.82) is 0 Å².